The molecule has 2 heterocycles. The van der Waals surface area contributed by atoms with Crippen molar-refractivity contribution in [2.45, 2.75) is 6.54 Å². The second-order valence-electron chi connectivity index (χ2n) is 14.4. The third kappa shape index (κ3) is 5.71. The van der Waals surface area contributed by atoms with Crippen LogP contribution in [0.3, 0.4) is 0 Å². The molecule has 0 N–H and O–H groups in total. The molecule has 0 radical (unpaired) electrons. The molecule has 0 saturated carbocycles. The topological polar surface area (TPSA) is 50.2 Å². The molecule has 2 aromatic heterocycles. The van der Waals surface area contributed by atoms with Gasteiger partial charge in [0, 0.05) is 42.1 Å². The second kappa shape index (κ2) is 13.5. The lowest BCUT2D eigenvalue weighted by Crippen LogP contribution is -2.06. The molecule has 5 heteroatoms. The normalized spacial score (nSPS) is 12.6. The van der Waals surface area contributed by atoms with Gasteiger partial charge in [-0.15, -0.1) is 11.3 Å². The van der Waals surface area contributed by atoms with E-state index in [2.05, 4.69) is 151 Å². The molecule has 0 spiro atoms. The maximum atomic E-state index is 6.61. The number of thiophene rings is 1. The van der Waals surface area contributed by atoms with Gasteiger partial charge in [-0.25, -0.2) is 9.98 Å². The third-order valence-corrected chi connectivity index (χ3v) is 12.2. The summed E-state index contributed by atoms with van der Waals surface area (Å²) < 4.78 is 9.10. The number of amidine groups is 2. The van der Waals surface area contributed by atoms with Gasteiger partial charge in [-0.2, -0.15) is 0 Å². The molecule has 0 aliphatic carbocycles. The van der Waals surface area contributed by atoms with E-state index in [1.807, 2.05) is 47.7 Å². The van der Waals surface area contributed by atoms with E-state index in [-0.39, 0.29) is 0 Å². The number of rotatable bonds is 5. The lowest BCUT2D eigenvalue weighted by molar-refractivity contribution is 0.669. The standard InChI is InChI=1S/C52H33N3OS/c1-53-52(55-51(54-31-32-12-3-2-4-13-32)37-24-25-40-36(26-37)23-22-33-14-7-8-17-39(33)40)45-28-38(29-47-49(45)43-18-9-10-21-46(43)56-47)41-19-11-20-42-44-27-34-15-5-6-16-35(34)30-48(44)57-50(41)42/h2-30H,1,31H2. The van der Waals surface area contributed by atoms with E-state index in [0.29, 0.717) is 18.2 Å². The Morgan fingerprint density at radius 3 is 2.11 bits per heavy atom. The Labute approximate surface area is 332 Å². The molecule has 0 fully saturated rings. The fourth-order valence-electron chi connectivity index (χ4n) is 8.27. The van der Waals surface area contributed by atoms with Crippen LogP contribution in [0, 0.1) is 0 Å². The highest BCUT2D eigenvalue weighted by Gasteiger charge is 2.20. The van der Waals surface area contributed by atoms with E-state index in [9.17, 15) is 0 Å². The number of para-hydroxylation sites is 1. The molecule has 11 rings (SSSR count). The number of furan rings is 1. The van der Waals surface area contributed by atoms with Crippen LogP contribution in [0.25, 0.3) is 85.6 Å². The molecule has 268 valence electrons. The van der Waals surface area contributed by atoms with Crippen LogP contribution in [0.15, 0.2) is 195 Å². The number of fused-ring (bicyclic) bond motifs is 10. The van der Waals surface area contributed by atoms with E-state index in [1.54, 1.807) is 0 Å². The van der Waals surface area contributed by atoms with Crippen LogP contribution in [-0.2, 0) is 6.54 Å². The minimum Gasteiger partial charge on any atom is -0.456 e. The summed E-state index contributed by atoms with van der Waals surface area (Å²) in [6, 6.07) is 61.9. The van der Waals surface area contributed by atoms with E-state index < -0.39 is 0 Å². The SMILES string of the molecule is C=NC(=NC(=NCc1ccccc1)c1ccc2c(ccc3ccccc32)c1)c1cc(-c2cccc3c2sc2cc4ccccc4cc23)cc2oc3ccccc3c12. The van der Waals surface area contributed by atoms with Gasteiger partial charge in [0.1, 0.15) is 11.2 Å². The first kappa shape index (κ1) is 33.2. The van der Waals surface area contributed by atoms with Gasteiger partial charge in [-0.3, -0.25) is 4.99 Å². The van der Waals surface area contributed by atoms with Gasteiger partial charge in [0.25, 0.3) is 0 Å². The lowest BCUT2D eigenvalue weighted by atomic mass is 9.96. The summed E-state index contributed by atoms with van der Waals surface area (Å²) in [7, 11) is 0. The summed E-state index contributed by atoms with van der Waals surface area (Å²) >= 11 is 1.83. The first-order valence-corrected chi connectivity index (χ1v) is 19.9. The fraction of sp³-hybridized carbons (Fsp3) is 0.0192. The summed E-state index contributed by atoms with van der Waals surface area (Å²) in [4.78, 5) is 15.1. The Morgan fingerprint density at radius 2 is 1.25 bits per heavy atom. The zero-order chi connectivity index (χ0) is 37.9. The van der Waals surface area contributed by atoms with E-state index in [1.165, 1.54) is 47.1 Å². The van der Waals surface area contributed by atoms with Crippen LogP contribution >= 0.6 is 11.3 Å². The minimum atomic E-state index is 0.465. The van der Waals surface area contributed by atoms with Crippen LogP contribution in [0.2, 0.25) is 0 Å². The maximum absolute atomic E-state index is 6.61. The van der Waals surface area contributed by atoms with Crippen molar-refractivity contribution in [2.75, 3.05) is 0 Å². The molecule has 11 aromatic rings. The third-order valence-electron chi connectivity index (χ3n) is 11.0. The first-order chi connectivity index (χ1) is 28.2. The zero-order valence-corrected chi connectivity index (χ0v) is 31.6. The largest absolute Gasteiger partial charge is 0.456 e. The highest BCUT2D eigenvalue weighted by Crippen LogP contribution is 2.43. The Kier molecular flexibility index (Phi) is 7.86. The van der Waals surface area contributed by atoms with Gasteiger partial charge in [0.15, 0.2) is 11.7 Å². The number of hydrogen-bond acceptors (Lipinski definition) is 3. The van der Waals surface area contributed by atoms with Crippen LogP contribution in [0.5, 0.6) is 0 Å². The molecule has 0 atom stereocenters. The van der Waals surface area contributed by atoms with Gasteiger partial charge in [-0.05, 0) is 92.1 Å². The van der Waals surface area contributed by atoms with Crippen molar-refractivity contribution < 1.29 is 4.42 Å². The van der Waals surface area contributed by atoms with Gasteiger partial charge >= 0.3 is 0 Å². The van der Waals surface area contributed by atoms with Crippen LogP contribution in [0.1, 0.15) is 16.7 Å². The predicted molar refractivity (Wildman–Crippen MR) is 244 cm³/mol. The quantitative estimate of drug-likeness (QED) is 0.0982. The van der Waals surface area contributed by atoms with Crippen molar-refractivity contribution in [3.8, 4) is 11.1 Å². The Morgan fingerprint density at radius 1 is 0.526 bits per heavy atom. The summed E-state index contributed by atoms with van der Waals surface area (Å²) in [5, 5.41) is 11.7. The van der Waals surface area contributed by atoms with E-state index in [4.69, 9.17) is 14.4 Å². The average Bonchev–Trinajstić information content (AvgIpc) is 3.83. The van der Waals surface area contributed by atoms with Crippen molar-refractivity contribution in [1.29, 1.82) is 0 Å². The van der Waals surface area contributed by atoms with Crippen LogP contribution < -0.4 is 0 Å². The fourth-order valence-corrected chi connectivity index (χ4v) is 9.54. The number of aliphatic imine (C=N–C) groups is 3. The monoisotopic (exact) mass is 747 g/mol. The van der Waals surface area contributed by atoms with E-state index in [0.717, 1.165) is 55.1 Å². The Bertz CT molecular complexity index is 3460. The minimum absolute atomic E-state index is 0.465. The molecule has 0 saturated heterocycles. The second-order valence-corrected chi connectivity index (χ2v) is 15.5. The molecule has 57 heavy (non-hydrogen) atoms. The molecule has 9 aromatic carbocycles. The maximum Gasteiger partial charge on any atom is 0.161 e. The number of nitrogens with zero attached hydrogens (tertiary/aromatic N) is 3. The summed E-state index contributed by atoms with van der Waals surface area (Å²) in [6.07, 6.45) is 0. The molecule has 0 amide bonds. The summed E-state index contributed by atoms with van der Waals surface area (Å²) in [6.45, 7) is 4.57. The Hall–Kier alpha value is -7.21. The molecule has 0 bridgehead atoms. The summed E-state index contributed by atoms with van der Waals surface area (Å²) in [5.41, 5.74) is 6.57. The zero-order valence-electron chi connectivity index (χ0n) is 30.8. The van der Waals surface area contributed by atoms with Gasteiger partial charge < -0.3 is 4.42 Å². The average molecular weight is 748 g/mol. The molecular formula is C52H33N3OS. The van der Waals surface area contributed by atoms with Gasteiger partial charge in [-0.1, -0.05) is 140 Å². The van der Waals surface area contributed by atoms with Crippen molar-refractivity contribution in [3.05, 3.63) is 193 Å². The highest BCUT2D eigenvalue weighted by atomic mass is 32.1. The van der Waals surface area contributed by atoms with Crippen molar-refractivity contribution >= 4 is 104 Å². The molecular weight excluding hydrogens is 715 g/mol. The van der Waals surface area contributed by atoms with Crippen molar-refractivity contribution in [1.82, 2.24) is 0 Å². The Balaban J connectivity index is 1.13. The first-order valence-electron chi connectivity index (χ1n) is 19.0. The van der Waals surface area contributed by atoms with Crippen molar-refractivity contribution in [2.24, 2.45) is 15.0 Å². The number of benzene rings is 9. The summed E-state index contributed by atoms with van der Waals surface area (Å²) in [5.74, 6) is 1.06. The van der Waals surface area contributed by atoms with E-state index >= 15 is 0 Å². The predicted octanol–water partition coefficient (Wildman–Crippen LogP) is 14.2. The van der Waals surface area contributed by atoms with Gasteiger partial charge in [0.2, 0.25) is 0 Å². The smallest absolute Gasteiger partial charge is 0.161 e. The van der Waals surface area contributed by atoms with Crippen LogP contribution in [0.4, 0.5) is 0 Å². The highest BCUT2D eigenvalue weighted by molar-refractivity contribution is 7.26. The molecule has 0 aliphatic rings. The number of hydrogen-bond donors (Lipinski definition) is 0. The molecule has 0 unspecified atom stereocenters. The molecule has 4 nitrogen and oxygen atoms in total. The van der Waals surface area contributed by atoms with Crippen LogP contribution in [-0.4, -0.2) is 18.4 Å². The van der Waals surface area contributed by atoms with Gasteiger partial charge in [0.05, 0.1) is 6.54 Å². The van der Waals surface area contributed by atoms with Crippen molar-refractivity contribution in [3.63, 3.8) is 0 Å². The lowest BCUT2D eigenvalue weighted by Gasteiger charge is -2.11. The molecule has 0 aliphatic heterocycles.